The van der Waals surface area contributed by atoms with E-state index in [-0.39, 0.29) is 42.2 Å². The van der Waals surface area contributed by atoms with Crippen molar-refractivity contribution in [3.05, 3.63) is 35.9 Å². The Kier molecular flexibility index (Phi) is 11.0. The molecule has 1 aromatic carbocycles. The lowest BCUT2D eigenvalue weighted by Crippen LogP contribution is -2.58. The molecule has 3 unspecified atom stereocenters. The molecular formula is C28H44O7. The number of esters is 1. The van der Waals surface area contributed by atoms with Gasteiger partial charge in [0.25, 0.3) is 0 Å². The number of carbonyl (C=O) groups is 1. The third-order valence-corrected chi connectivity index (χ3v) is 7.22. The summed E-state index contributed by atoms with van der Waals surface area (Å²) in [4.78, 5) is 11.8. The minimum Gasteiger partial charge on any atom is -0.457 e. The molecule has 2 heterocycles. The quantitative estimate of drug-likeness (QED) is 0.304. The molecule has 7 nitrogen and oxygen atoms in total. The molecule has 9 atom stereocenters. The van der Waals surface area contributed by atoms with Crippen LogP contribution in [0.3, 0.4) is 0 Å². The lowest BCUT2D eigenvalue weighted by molar-refractivity contribution is -0.285. The van der Waals surface area contributed by atoms with Crippen molar-refractivity contribution in [2.45, 2.75) is 110 Å². The van der Waals surface area contributed by atoms with E-state index >= 15 is 0 Å². The standard InChI is InChI=1S/C28H44O7/c1-7-9-15-31-25-18(3)20(5)32-24(17-30-16-22-13-11-10-12-14-22)27(25)35-28-26(33-21(6)29)19(4)23(8-2)34-28/h10-14,18-20,23-28H,7-9,15-17H2,1-6H3/t18?,19-,20+,23+,24?,25+,26?,27+,28-/m0/s1. The first kappa shape index (κ1) is 28.1. The minimum absolute atomic E-state index is 0.0112. The second-order valence-corrected chi connectivity index (χ2v) is 9.91. The molecule has 3 rings (SSSR count). The number of carbonyl (C=O) groups excluding carboxylic acids is 1. The third-order valence-electron chi connectivity index (χ3n) is 7.22. The summed E-state index contributed by atoms with van der Waals surface area (Å²) >= 11 is 0. The Hall–Kier alpha value is -1.51. The van der Waals surface area contributed by atoms with Crippen LogP contribution in [0.2, 0.25) is 0 Å². The van der Waals surface area contributed by atoms with Crippen LogP contribution in [0, 0.1) is 11.8 Å². The molecule has 7 heteroatoms. The highest BCUT2D eigenvalue weighted by atomic mass is 16.7. The van der Waals surface area contributed by atoms with Gasteiger partial charge in [0.1, 0.15) is 12.2 Å². The maximum atomic E-state index is 11.8. The highest BCUT2D eigenvalue weighted by Crippen LogP contribution is 2.37. The molecule has 2 fully saturated rings. The minimum atomic E-state index is -0.679. The van der Waals surface area contributed by atoms with Crippen LogP contribution < -0.4 is 0 Å². The van der Waals surface area contributed by atoms with Gasteiger partial charge in [0.2, 0.25) is 0 Å². The Balaban J connectivity index is 1.78. The summed E-state index contributed by atoms with van der Waals surface area (Å²) in [5.41, 5.74) is 1.10. The fraction of sp³-hybridized carbons (Fsp3) is 0.750. The normalized spacial score (nSPS) is 35.2. The van der Waals surface area contributed by atoms with Crippen molar-refractivity contribution in [1.29, 1.82) is 0 Å². The van der Waals surface area contributed by atoms with Crippen LogP contribution in [0.1, 0.15) is 66.4 Å². The summed E-state index contributed by atoms with van der Waals surface area (Å²) in [6.07, 6.45) is 0.690. The van der Waals surface area contributed by atoms with Gasteiger partial charge >= 0.3 is 5.97 Å². The van der Waals surface area contributed by atoms with E-state index in [2.05, 4.69) is 27.7 Å². The molecule has 0 aliphatic carbocycles. The predicted molar refractivity (Wildman–Crippen MR) is 133 cm³/mol. The molecule has 0 bridgehead atoms. The summed E-state index contributed by atoms with van der Waals surface area (Å²) in [6, 6.07) is 10.1. The van der Waals surface area contributed by atoms with Gasteiger partial charge < -0.3 is 28.4 Å². The summed E-state index contributed by atoms with van der Waals surface area (Å²) in [5, 5.41) is 0. The van der Waals surface area contributed by atoms with Gasteiger partial charge in [-0.15, -0.1) is 0 Å². The molecular weight excluding hydrogens is 448 g/mol. The van der Waals surface area contributed by atoms with Crippen molar-refractivity contribution in [2.75, 3.05) is 13.2 Å². The molecule has 35 heavy (non-hydrogen) atoms. The van der Waals surface area contributed by atoms with Gasteiger partial charge in [0.15, 0.2) is 12.4 Å². The van der Waals surface area contributed by atoms with Gasteiger partial charge in [-0.3, -0.25) is 4.79 Å². The zero-order chi connectivity index (χ0) is 25.4. The molecule has 2 aliphatic rings. The van der Waals surface area contributed by atoms with E-state index in [0.717, 1.165) is 24.8 Å². The number of hydrogen-bond donors (Lipinski definition) is 0. The summed E-state index contributed by atoms with van der Waals surface area (Å²) in [7, 11) is 0. The molecule has 0 radical (unpaired) electrons. The van der Waals surface area contributed by atoms with Crippen molar-refractivity contribution >= 4 is 5.97 Å². The molecule has 0 N–H and O–H groups in total. The molecule has 0 spiro atoms. The van der Waals surface area contributed by atoms with Gasteiger partial charge in [0, 0.05) is 25.4 Å². The molecule has 0 aromatic heterocycles. The first-order chi connectivity index (χ1) is 16.8. The maximum Gasteiger partial charge on any atom is 0.303 e. The Morgan fingerprint density at radius 1 is 0.943 bits per heavy atom. The van der Waals surface area contributed by atoms with Crippen LogP contribution in [0.15, 0.2) is 30.3 Å². The van der Waals surface area contributed by atoms with Gasteiger partial charge in [-0.1, -0.05) is 64.4 Å². The van der Waals surface area contributed by atoms with Crippen molar-refractivity contribution in [3.63, 3.8) is 0 Å². The molecule has 0 saturated carbocycles. The van der Waals surface area contributed by atoms with Crippen LogP contribution in [0.4, 0.5) is 0 Å². The van der Waals surface area contributed by atoms with Crippen LogP contribution in [-0.2, 0) is 39.8 Å². The second-order valence-electron chi connectivity index (χ2n) is 9.91. The van der Waals surface area contributed by atoms with E-state index < -0.39 is 18.5 Å². The zero-order valence-electron chi connectivity index (χ0n) is 22.2. The highest BCUT2D eigenvalue weighted by molar-refractivity contribution is 5.66. The van der Waals surface area contributed by atoms with Crippen molar-refractivity contribution in [1.82, 2.24) is 0 Å². The third kappa shape index (κ3) is 7.49. The monoisotopic (exact) mass is 492 g/mol. The van der Waals surface area contributed by atoms with E-state index in [0.29, 0.717) is 19.8 Å². The van der Waals surface area contributed by atoms with E-state index in [4.69, 9.17) is 28.4 Å². The number of rotatable bonds is 12. The lowest BCUT2D eigenvalue weighted by atomic mass is 9.88. The number of hydrogen-bond acceptors (Lipinski definition) is 7. The van der Waals surface area contributed by atoms with Crippen LogP contribution >= 0.6 is 0 Å². The highest BCUT2D eigenvalue weighted by Gasteiger charge is 2.50. The Bertz CT molecular complexity index is 757. The molecule has 0 amide bonds. The lowest BCUT2D eigenvalue weighted by Gasteiger charge is -2.45. The van der Waals surface area contributed by atoms with Crippen LogP contribution in [0.5, 0.6) is 0 Å². The number of ether oxygens (including phenoxy) is 6. The van der Waals surface area contributed by atoms with Crippen molar-refractivity contribution in [3.8, 4) is 0 Å². The first-order valence-electron chi connectivity index (χ1n) is 13.2. The maximum absolute atomic E-state index is 11.8. The van der Waals surface area contributed by atoms with E-state index in [1.54, 1.807) is 0 Å². The predicted octanol–water partition coefficient (Wildman–Crippen LogP) is 4.90. The smallest absolute Gasteiger partial charge is 0.303 e. The fourth-order valence-electron chi connectivity index (χ4n) is 4.95. The van der Waals surface area contributed by atoms with Gasteiger partial charge in [0.05, 0.1) is 31.5 Å². The first-order valence-corrected chi connectivity index (χ1v) is 13.2. The Morgan fingerprint density at radius 3 is 2.34 bits per heavy atom. The molecule has 2 saturated heterocycles. The molecule has 2 aliphatic heterocycles. The topological polar surface area (TPSA) is 72.5 Å². The van der Waals surface area contributed by atoms with Gasteiger partial charge in [-0.25, -0.2) is 0 Å². The van der Waals surface area contributed by atoms with Gasteiger partial charge in [-0.05, 0) is 25.3 Å². The van der Waals surface area contributed by atoms with E-state index in [9.17, 15) is 4.79 Å². The summed E-state index contributed by atoms with van der Waals surface area (Å²) < 4.78 is 37.4. The van der Waals surface area contributed by atoms with Crippen molar-refractivity contribution < 1.29 is 33.2 Å². The number of unbranched alkanes of at least 4 members (excludes halogenated alkanes) is 1. The Morgan fingerprint density at radius 2 is 1.69 bits per heavy atom. The van der Waals surface area contributed by atoms with Crippen molar-refractivity contribution in [2.24, 2.45) is 11.8 Å². The molecule has 198 valence electrons. The Labute approximate surface area is 210 Å². The van der Waals surface area contributed by atoms with Gasteiger partial charge in [-0.2, -0.15) is 0 Å². The number of benzene rings is 1. The van der Waals surface area contributed by atoms with E-state index in [1.807, 2.05) is 37.3 Å². The average Bonchev–Trinajstić information content (AvgIpc) is 3.13. The van der Waals surface area contributed by atoms with Crippen LogP contribution in [0.25, 0.3) is 0 Å². The molecule has 1 aromatic rings. The zero-order valence-corrected chi connectivity index (χ0v) is 22.2. The summed E-state index contributed by atoms with van der Waals surface area (Å²) in [6.45, 7) is 13.4. The fourth-order valence-corrected chi connectivity index (χ4v) is 4.95. The second kappa shape index (κ2) is 13.7. The average molecular weight is 493 g/mol. The van der Waals surface area contributed by atoms with E-state index in [1.165, 1.54) is 6.92 Å². The SMILES string of the molecule is CCCCO[C@@H]1C(C)[C@@H](C)OC(COCc2ccccc2)[C@H]1O[C@@H]1O[C@H](CC)[C@H](C)C1OC(C)=O. The largest absolute Gasteiger partial charge is 0.457 e. The summed E-state index contributed by atoms with van der Waals surface area (Å²) in [5.74, 6) is -0.187. The van der Waals surface area contributed by atoms with Crippen LogP contribution in [-0.4, -0.2) is 62.1 Å².